The van der Waals surface area contributed by atoms with Crippen molar-refractivity contribution in [3.05, 3.63) is 121 Å². The third-order valence-electron chi connectivity index (χ3n) is 8.87. The minimum atomic E-state index is 0.116. The highest BCUT2D eigenvalue weighted by molar-refractivity contribution is 6.99. The van der Waals surface area contributed by atoms with Gasteiger partial charge in [-0.25, -0.2) is 0 Å². The molecular weight excluding hydrogens is 489 g/mol. The summed E-state index contributed by atoms with van der Waals surface area (Å²) in [6, 6.07) is 43.3. The lowest BCUT2D eigenvalue weighted by molar-refractivity contribution is 0.488. The summed E-state index contributed by atoms with van der Waals surface area (Å²) in [4.78, 5) is 0. The fourth-order valence-corrected chi connectivity index (χ4v) is 7.16. The number of benzene rings is 6. The molecule has 0 N–H and O–H groups in total. The Bertz CT molecular complexity index is 2380. The van der Waals surface area contributed by atoms with Crippen LogP contribution < -0.4 is 21.1 Å². The number of hydrogen-bond donors (Lipinski definition) is 0. The second-order valence-corrected chi connectivity index (χ2v) is 10.9. The fourth-order valence-electron chi connectivity index (χ4n) is 7.16. The maximum atomic E-state index is 6.73. The highest BCUT2D eigenvalue weighted by atomic mass is 16.5. The van der Waals surface area contributed by atoms with Gasteiger partial charge >= 0.3 is 0 Å². The molecule has 0 fully saturated rings. The Balaban J connectivity index is 1.21. The van der Waals surface area contributed by atoms with Gasteiger partial charge in [-0.1, -0.05) is 72.8 Å². The molecule has 8 aromatic rings. The van der Waals surface area contributed by atoms with Crippen LogP contribution in [-0.2, 0) is 0 Å². The predicted molar refractivity (Wildman–Crippen MR) is 165 cm³/mol. The first kappa shape index (κ1) is 20.7. The van der Waals surface area contributed by atoms with Crippen LogP contribution in [0.5, 0.6) is 11.5 Å². The van der Waals surface area contributed by atoms with Crippen molar-refractivity contribution < 1.29 is 9.15 Å². The molecule has 0 aliphatic carbocycles. The van der Waals surface area contributed by atoms with Gasteiger partial charge in [-0.15, -0.1) is 0 Å². The molecule has 2 aromatic heterocycles. The Morgan fingerprint density at radius 3 is 2.27 bits per heavy atom. The summed E-state index contributed by atoms with van der Waals surface area (Å²) in [5.41, 5.74) is 11.6. The molecule has 4 heteroatoms. The summed E-state index contributed by atoms with van der Waals surface area (Å²) in [5, 5.41) is 4.83. The smallest absolute Gasteiger partial charge is 0.256 e. The molecule has 40 heavy (non-hydrogen) atoms. The molecule has 0 bridgehead atoms. The van der Waals surface area contributed by atoms with Gasteiger partial charge in [0, 0.05) is 27.2 Å². The van der Waals surface area contributed by atoms with E-state index in [2.05, 4.69) is 114 Å². The molecule has 0 saturated carbocycles. The number of rotatable bonds is 1. The van der Waals surface area contributed by atoms with Crippen LogP contribution in [0.4, 0.5) is 0 Å². The molecule has 0 unspecified atom stereocenters. The van der Waals surface area contributed by atoms with Crippen molar-refractivity contribution >= 4 is 66.8 Å². The van der Waals surface area contributed by atoms with E-state index in [1.807, 2.05) is 12.1 Å². The van der Waals surface area contributed by atoms with Gasteiger partial charge in [0.1, 0.15) is 22.7 Å². The van der Waals surface area contributed by atoms with Crippen LogP contribution in [0.3, 0.4) is 0 Å². The van der Waals surface area contributed by atoms with Crippen LogP contribution in [-0.4, -0.2) is 11.3 Å². The molecule has 0 spiro atoms. The number of hydrogen-bond acceptors (Lipinski definition) is 2. The average molecular weight is 509 g/mol. The van der Waals surface area contributed by atoms with Gasteiger partial charge in [-0.3, -0.25) is 0 Å². The number of aromatic nitrogens is 1. The number of ether oxygens (including phenoxy) is 1. The molecule has 3 nitrogen and oxygen atoms in total. The molecule has 0 amide bonds. The molecule has 2 aliphatic rings. The van der Waals surface area contributed by atoms with Crippen LogP contribution >= 0.6 is 0 Å². The highest BCUT2D eigenvalue weighted by Crippen LogP contribution is 2.39. The van der Waals surface area contributed by atoms with E-state index < -0.39 is 0 Å². The number of fused-ring (bicyclic) bond motifs is 11. The molecule has 4 heterocycles. The van der Waals surface area contributed by atoms with E-state index in [1.165, 1.54) is 43.9 Å². The van der Waals surface area contributed by atoms with E-state index in [1.54, 1.807) is 0 Å². The summed E-state index contributed by atoms with van der Waals surface area (Å²) in [6.45, 7) is 0.116. The predicted octanol–water partition coefficient (Wildman–Crippen LogP) is 7.29. The third-order valence-corrected chi connectivity index (χ3v) is 8.87. The number of nitrogens with zero attached hydrogens (tertiary/aromatic N) is 1. The zero-order valence-electron chi connectivity index (χ0n) is 21.4. The molecule has 184 valence electrons. The highest BCUT2D eigenvalue weighted by Gasteiger charge is 2.40. The second-order valence-electron chi connectivity index (χ2n) is 10.9. The maximum absolute atomic E-state index is 6.73. The Hall–Kier alpha value is -5.22. The largest absolute Gasteiger partial charge is 0.458 e. The quantitative estimate of drug-likeness (QED) is 0.218. The molecular formula is C36H20BNO2. The Kier molecular flexibility index (Phi) is 3.75. The van der Waals surface area contributed by atoms with Gasteiger partial charge in [-0.05, 0) is 76.0 Å². The molecule has 0 saturated heterocycles. The van der Waals surface area contributed by atoms with Gasteiger partial charge < -0.3 is 13.7 Å². The Labute approximate surface area is 229 Å². The average Bonchev–Trinajstić information content (AvgIpc) is 3.56. The van der Waals surface area contributed by atoms with Crippen LogP contribution in [0.2, 0.25) is 0 Å². The molecule has 2 aliphatic heterocycles. The van der Waals surface area contributed by atoms with Crippen molar-refractivity contribution in [1.29, 1.82) is 0 Å². The zero-order chi connectivity index (χ0) is 25.9. The number of furan rings is 1. The minimum absolute atomic E-state index is 0.116. The van der Waals surface area contributed by atoms with Crippen molar-refractivity contribution in [2.24, 2.45) is 0 Å². The molecule has 10 rings (SSSR count). The van der Waals surface area contributed by atoms with Gasteiger partial charge in [0.2, 0.25) is 0 Å². The van der Waals surface area contributed by atoms with Gasteiger partial charge in [-0.2, -0.15) is 0 Å². The first-order valence-corrected chi connectivity index (χ1v) is 13.7. The van der Waals surface area contributed by atoms with E-state index in [-0.39, 0.29) is 6.71 Å². The van der Waals surface area contributed by atoms with Crippen molar-refractivity contribution in [2.45, 2.75) is 0 Å². The van der Waals surface area contributed by atoms with E-state index in [0.29, 0.717) is 0 Å². The van der Waals surface area contributed by atoms with Gasteiger partial charge in [0.05, 0.1) is 11.0 Å². The minimum Gasteiger partial charge on any atom is -0.458 e. The zero-order valence-corrected chi connectivity index (χ0v) is 21.4. The van der Waals surface area contributed by atoms with Gasteiger partial charge in [0.25, 0.3) is 6.71 Å². The standard InChI is InChI=1S/C36H20BNO2/c1-4-10-29-23(7-1)25-15-18-33-35-36(25)38(29)30-11-5-3-9-27(30)37(35)28-16-13-22(20-34(28)40-33)21-14-17-32-26(19-21)24-8-2-6-12-31(24)39-32/h1-20H. The SMILES string of the molecule is c1ccc2c(c1)B1c3ccc(-c4ccc5oc6ccccc6c5c4)cc3Oc3ccc4c5ccccc5n-2c4c31. The van der Waals surface area contributed by atoms with E-state index >= 15 is 0 Å². The Morgan fingerprint density at radius 2 is 1.30 bits per heavy atom. The monoisotopic (exact) mass is 509 g/mol. The lowest BCUT2D eigenvalue weighted by Gasteiger charge is -2.33. The van der Waals surface area contributed by atoms with Crippen LogP contribution in [0.15, 0.2) is 126 Å². The topological polar surface area (TPSA) is 27.3 Å². The lowest BCUT2D eigenvalue weighted by atomic mass is 9.34. The maximum Gasteiger partial charge on any atom is 0.256 e. The van der Waals surface area contributed by atoms with Crippen LogP contribution in [0.25, 0.3) is 60.6 Å². The van der Waals surface area contributed by atoms with Gasteiger partial charge in [0.15, 0.2) is 0 Å². The van der Waals surface area contributed by atoms with Crippen LogP contribution in [0, 0.1) is 0 Å². The number of para-hydroxylation sites is 3. The summed E-state index contributed by atoms with van der Waals surface area (Å²) in [6.07, 6.45) is 0. The molecule has 0 radical (unpaired) electrons. The fraction of sp³-hybridized carbons (Fsp3) is 0. The van der Waals surface area contributed by atoms with Crippen molar-refractivity contribution in [3.8, 4) is 28.3 Å². The first-order valence-electron chi connectivity index (χ1n) is 13.7. The van der Waals surface area contributed by atoms with E-state index in [4.69, 9.17) is 9.15 Å². The van der Waals surface area contributed by atoms with Crippen LogP contribution in [0.1, 0.15) is 0 Å². The van der Waals surface area contributed by atoms with Crippen molar-refractivity contribution in [2.75, 3.05) is 0 Å². The summed E-state index contributed by atoms with van der Waals surface area (Å²) in [5.74, 6) is 1.86. The summed E-state index contributed by atoms with van der Waals surface area (Å²) >= 11 is 0. The normalized spacial score (nSPS) is 13.2. The van der Waals surface area contributed by atoms with E-state index in [9.17, 15) is 0 Å². The third kappa shape index (κ3) is 2.51. The van der Waals surface area contributed by atoms with Crippen molar-refractivity contribution in [3.63, 3.8) is 0 Å². The van der Waals surface area contributed by atoms with Crippen molar-refractivity contribution in [1.82, 2.24) is 4.57 Å². The summed E-state index contributed by atoms with van der Waals surface area (Å²) in [7, 11) is 0. The first-order chi connectivity index (χ1) is 19.8. The second kappa shape index (κ2) is 7.25. The Morgan fingerprint density at radius 1 is 0.525 bits per heavy atom. The van der Waals surface area contributed by atoms with E-state index in [0.717, 1.165) is 44.6 Å². The lowest BCUT2D eigenvalue weighted by Crippen LogP contribution is -2.58. The molecule has 0 atom stereocenters. The summed E-state index contributed by atoms with van der Waals surface area (Å²) < 4.78 is 15.2. The molecule has 6 aromatic carbocycles.